The van der Waals surface area contributed by atoms with Gasteiger partial charge >= 0.3 is 5.97 Å². The first-order chi connectivity index (χ1) is 13.9. The van der Waals surface area contributed by atoms with Gasteiger partial charge in [0.1, 0.15) is 11.4 Å². The molecule has 2 atom stereocenters. The second-order valence-corrected chi connectivity index (χ2v) is 8.72. The van der Waals surface area contributed by atoms with Gasteiger partial charge in [-0.2, -0.15) is 0 Å². The Bertz CT molecular complexity index is 802. The number of benzene rings is 1. The minimum atomic E-state index is -0.950. The zero-order valence-electron chi connectivity index (χ0n) is 18.9. The van der Waals surface area contributed by atoms with Gasteiger partial charge in [0.25, 0.3) is 0 Å². The molecule has 7 heteroatoms. The number of hydrogen-bond donors (Lipinski definition) is 3. The highest BCUT2D eigenvalue weighted by atomic mass is 16.5. The smallest absolute Gasteiger partial charge is 0.308 e. The lowest BCUT2D eigenvalue weighted by Gasteiger charge is -2.22. The van der Waals surface area contributed by atoms with Gasteiger partial charge in [0.2, 0.25) is 5.91 Å². The second kappa shape index (κ2) is 9.79. The van der Waals surface area contributed by atoms with E-state index in [0.717, 1.165) is 40.1 Å². The highest BCUT2D eigenvalue weighted by Crippen LogP contribution is 2.45. The number of aliphatic hydroxyl groups excluding tert-OH is 2. The van der Waals surface area contributed by atoms with E-state index in [9.17, 15) is 19.8 Å². The Balaban J connectivity index is 2.18. The molecule has 0 fully saturated rings. The van der Waals surface area contributed by atoms with Gasteiger partial charge in [-0.1, -0.05) is 0 Å². The van der Waals surface area contributed by atoms with E-state index in [1.165, 1.54) is 6.92 Å². The Hall–Kier alpha value is -2.12. The fraction of sp³-hybridized carbons (Fsp3) is 0.652. The molecule has 1 amide bonds. The van der Waals surface area contributed by atoms with Gasteiger partial charge in [-0.15, -0.1) is 0 Å². The lowest BCUT2D eigenvalue weighted by Crippen LogP contribution is -2.25. The molecule has 0 spiro atoms. The van der Waals surface area contributed by atoms with Crippen LogP contribution in [-0.2, 0) is 27.2 Å². The zero-order chi connectivity index (χ0) is 22.6. The summed E-state index contributed by atoms with van der Waals surface area (Å²) in [5, 5.41) is 23.4. The summed E-state index contributed by atoms with van der Waals surface area (Å²) in [6.45, 7) is 11.5. The van der Waals surface area contributed by atoms with Crippen LogP contribution in [0.25, 0.3) is 0 Å². The molecule has 168 valence electrons. The number of nitrogens with one attached hydrogen (secondary N) is 1. The summed E-state index contributed by atoms with van der Waals surface area (Å²) in [4.78, 5) is 23.2. The standard InChI is InChI=1S/C23H35NO6/c1-7-29-20(28)11-17(27)10-16(26)8-9-18-13(2)21(24-15(4)25)14(3)19-12-23(5,6)30-22(18)19/h16-17,26-27H,7-12H2,1-6H3,(H,24,25). The van der Waals surface area contributed by atoms with Crippen LogP contribution in [0.15, 0.2) is 0 Å². The molecule has 0 radical (unpaired) electrons. The van der Waals surface area contributed by atoms with Crippen LogP contribution in [0.2, 0.25) is 0 Å². The second-order valence-electron chi connectivity index (χ2n) is 8.72. The Morgan fingerprint density at radius 3 is 2.47 bits per heavy atom. The van der Waals surface area contributed by atoms with Crippen molar-refractivity contribution in [2.75, 3.05) is 11.9 Å². The Labute approximate surface area is 178 Å². The largest absolute Gasteiger partial charge is 0.487 e. The SMILES string of the molecule is CCOC(=O)CC(O)CC(O)CCc1c(C)c(NC(C)=O)c(C)c2c1OC(C)(C)C2. The molecule has 0 aromatic heterocycles. The first-order valence-electron chi connectivity index (χ1n) is 10.6. The molecule has 7 nitrogen and oxygen atoms in total. The normalized spacial score (nSPS) is 16.4. The average molecular weight is 422 g/mol. The van der Waals surface area contributed by atoms with Crippen LogP contribution in [0.3, 0.4) is 0 Å². The van der Waals surface area contributed by atoms with Crippen molar-refractivity contribution in [3.05, 3.63) is 22.3 Å². The summed E-state index contributed by atoms with van der Waals surface area (Å²) in [6.07, 6.45) is -0.0814. The molecule has 0 aliphatic carbocycles. The molecular formula is C23H35NO6. The fourth-order valence-corrected chi connectivity index (χ4v) is 4.08. The number of ether oxygens (including phenoxy) is 2. The van der Waals surface area contributed by atoms with Crippen LogP contribution in [-0.4, -0.2) is 46.5 Å². The number of carbonyl (C=O) groups is 2. The van der Waals surface area contributed by atoms with Crippen molar-refractivity contribution in [2.45, 2.75) is 91.5 Å². The van der Waals surface area contributed by atoms with E-state index in [1.807, 2.05) is 27.7 Å². The summed E-state index contributed by atoms with van der Waals surface area (Å²) < 4.78 is 11.1. The summed E-state index contributed by atoms with van der Waals surface area (Å²) >= 11 is 0. The van der Waals surface area contributed by atoms with Gasteiger partial charge in [-0.05, 0) is 70.6 Å². The Morgan fingerprint density at radius 1 is 1.20 bits per heavy atom. The maximum Gasteiger partial charge on any atom is 0.308 e. The molecule has 1 aliphatic heterocycles. The van der Waals surface area contributed by atoms with E-state index in [1.54, 1.807) is 6.92 Å². The molecule has 2 rings (SSSR count). The van der Waals surface area contributed by atoms with Gasteiger partial charge in [0.15, 0.2) is 0 Å². The van der Waals surface area contributed by atoms with E-state index < -0.39 is 18.2 Å². The van der Waals surface area contributed by atoms with Crippen LogP contribution in [0.4, 0.5) is 5.69 Å². The maximum atomic E-state index is 11.7. The molecule has 30 heavy (non-hydrogen) atoms. The van der Waals surface area contributed by atoms with Crippen molar-refractivity contribution in [3.63, 3.8) is 0 Å². The molecule has 1 aromatic carbocycles. The molecule has 2 unspecified atom stereocenters. The first kappa shape index (κ1) is 24.2. The first-order valence-corrected chi connectivity index (χ1v) is 10.6. The third kappa shape index (κ3) is 5.95. The molecule has 0 saturated heterocycles. The van der Waals surface area contributed by atoms with E-state index in [0.29, 0.717) is 12.8 Å². The van der Waals surface area contributed by atoms with Crippen molar-refractivity contribution in [1.82, 2.24) is 0 Å². The van der Waals surface area contributed by atoms with Crippen LogP contribution < -0.4 is 10.1 Å². The predicted octanol–water partition coefficient (Wildman–Crippen LogP) is 2.97. The van der Waals surface area contributed by atoms with Crippen molar-refractivity contribution in [1.29, 1.82) is 0 Å². The minimum absolute atomic E-state index is 0.0941. The lowest BCUT2D eigenvalue weighted by molar-refractivity contribution is -0.145. The van der Waals surface area contributed by atoms with E-state index >= 15 is 0 Å². The molecule has 0 saturated carbocycles. The van der Waals surface area contributed by atoms with Crippen LogP contribution in [0.5, 0.6) is 5.75 Å². The van der Waals surface area contributed by atoms with Crippen LogP contribution in [0, 0.1) is 13.8 Å². The van der Waals surface area contributed by atoms with Crippen molar-refractivity contribution >= 4 is 17.6 Å². The topological polar surface area (TPSA) is 105 Å². The quantitative estimate of drug-likeness (QED) is 0.530. The van der Waals surface area contributed by atoms with Crippen LogP contribution in [0.1, 0.15) is 69.2 Å². The average Bonchev–Trinajstić information content (AvgIpc) is 2.93. The molecule has 1 heterocycles. The van der Waals surface area contributed by atoms with Crippen molar-refractivity contribution < 1.29 is 29.3 Å². The summed E-state index contributed by atoms with van der Waals surface area (Å²) in [6, 6.07) is 0. The van der Waals surface area contributed by atoms with Crippen LogP contribution >= 0.6 is 0 Å². The fourth-order valence-electron chi connectivity index (χ4n) is 4.08. The number of rotatable bonds is 9. The number of aliphatic hydroxyl groups is 2. The van der Waals surface area contributed by atoms with Gasteiger partial charge < -0.3 is 25.0 Å². The number of hydrogen-bond acceptors (Lipinski definition) is 6. The maximum absolute atomic E-state index is 11.7. The third-order valence-electron chi connectivity index (χ3n) is 5.46. The predicted molar refractivity (Wildman–Crippen MR) is 115 cm³/mol. The van der Waals surface area contributed by atoms with Crippen molar-refractivity contribution in [2.24, 2.45) is 0 Å². The van der Waals surface area contributed by atoms with Gasteiger partial charge in [-0.25, -0.2) is 0 Å². The van der Waals surface area contributed by atoms with Gasteiger partial charge in [0.05, 0.1) is 25.2 Å². The zero-order valence-corrected chi connectivity index (χ0v) is 18.9. The highest BCUT2D eigenvalue weighted by Gasteiger charge is 2.35. The van der Waals surface area contributed by atoms with E-state index in [4.69, 9.17) is 9.47 Å². The number of carbonyl (C=O) groups excluding carboxylic acids is 2. The number of amides is 1. The molecule has 0 bridgehead atoms. The van der Waals surface area contributed by atoms with Gasteiger partial charge in [0, 0.05) is 24.6 Å². The van der Waals surface area contributed by atoms with E-state index in [-0.39, 0.29) is 31.0 Å². The Morgan fingerprint density at radius 2 is 1.87 bits per heavy atom. The summed E-state index contributed by atoms with van der Waals surface area (Å²) in [5.74, 6) is 0.232. The Kier molecular flexibility index (Phi) is 7.88. The molecule has 1 aliphatic rings. The van der Waals surface area contributed by atoms with Gasteiger partial charge in [-0.3, -0.25) is 9.59 Å². The molecule has 3 N–H and O–H groups in total. The number of anilines is 1. The number of fused-ring (bicyclic) bond motifs is 1. The molecule has 1 aromatic rings. The monoisotopic (exact) mass is 421 g/mol. The van der Waals surface area contributed by atoms with E-state index in [2.05, 4.69) is 5.32 Å². The lowest BCUT2D eigenvalue weighted by atomic mass is 9.89. The molecular weight excluding hydrogens is 386 g/mol. The van der Waals surface area contributed by atoms with Crippen molar-refractivity contribution in [3.8, 4) is 5.75 Å². The highest BCUT2D eigenvalue weighted by molar-refractivity contribution is 5.91. The third-order valence-corrected chi connectivity index (χ3v) is 5.46. The minimum Gasteiger partial charge on any atom is -0.487 e. The number of esters is 1. The summed E-state index contributed by atoms with van der Waals surface area (Å²) in [5.41, 5.74) is 4.45. The summed E-state index contributed by atoms with van der Waals surface area (Å²) in [7, 11) is 0.